The Morgan fingerprint density at radius 1 is 1.24 bits per heavy atom. The first kappa shape index (κ1) is 24.5. The predicted octanol–water partition coefficient (Wildman–Crippen LogP) is 3.44. The van der Waals surface area contributed by atoms with Gasteiger partial charge < -0.3 is 24.5 Å². The molecule has 0 saturated carbocycles. The molecule has 8 nitrogen and oxygen atoms in total. The van der Waals surface area contributed by atoms with Gasteiger partial charge in [0.1, 0.15) is 15.7 Å². The number of carbonyl (C=O) groups excluding carboxylic acids is 1. The first-order chi connectivity index (χ1) is 15.5. The molecule has 2 aromatic heterocycles. The molecule has 1 amide bonds. The number of alkyl halides is 3. The number of hydrogen-bond donors (Lipinski definition) is 2. The molecule has 0 aliphatic carbocycles. The molecule has 0 bridgehead atoms. The van der Waals surface area contributed by atoms with Crippen LogP contribution in [0, 0.1) is 6.92 Å². The van der Waals surface area contributed by atoms with Crippen molar-refractivity contribution in [2.75, 3.05) is 20.8 Å². The second kappa shape index (κ2) is 9.40. The number of methoxy groups -OCH3 is 2. The van der Waals surface area contributed by atoms with Crippen molar-refractivity contribution >= 4 is 17.2 Å². The van der Waals surface area contributed by atoms with E-state index in [0.717, 1.165) is 15.9 Å². The lowest BCUT2D eigenvalue weighted by molar-refractivity contribution is -0.272. The zero-order valence-electron chi connectivity index (χ0n) is 18.4. The van der Waals surface area contributed by atoms with Crippen molar-refractivity contribution in [2.24, 2.45) is 7.05 Å². The van der Waals surface area contributed by atoms with Gasteiger partial charge in [-0.05, 0) is 25.1 Å². The molecule has 0 spiro atoms. The number of aliphatic hydroxyl groups is 1. The number of ether oxygens (including phenoxy) is 2. The largest absolute Gasteiger partial charge is 0.493 e. The first-order valence-corrected chi connectivity index (χ1v) is 10.6. The van der Waals surface area contributed by atoms with Crippen LogP contribution in [0.3, 0.4) is 0 Å². The van der Waals surface area contributed by atoms with Crippen LogP contribution >= 0.6 is 11.3 Å². The van der Waals surface area contributed by atoms with Crippen LogP contribution in [0.25, 0.3) is 10.6 Å². The van der Waals surface area contributed by atoms with E-state index in [1.54, 1.807) is 25.1 Å². The molecule has 1 atom stereocenters. The monoisotopic (exact) mass is 484 g/mol. The van der Waals surface area contributed by atoms with E-state index in [0.29, 0.717) is 27.8 Å². The third kappa shape index (κ3) is 4.81. The van der Waals surface area contributed by atoms with Gasteiger partial charge in [-0.2, -0.15) is 13.2 Å². The minimum atomic E-state index is -4.97. The molecule has 0 saturated heterocycles. The molecule has 2 N–H and O–H groups in total. The van der Waals surface area contributed by atoms with E-state index in [1.165, 1.54) is 33.7 Å². The molecule has 0 radical (unpaired) electrons. The molecular weight excluding hydrogens is 461 g/mol. The Kier molecular flexibility index (Phi) is 6.98. The molecule has 33 heavy (non-hydrogen) atoms. The second-order valence-corrected chi connectivity index (χ2v) is 8.23. The van der Waals surface area contributed by atoms with E-state index in [2.05, 4.69) is 15.3 Å². The molecule has 2 heterocycles. The van der Waals surface area contributed by atoms with Gasteiger partial charge in [0.15, 0.2) is 11.5 Å². The summed E-state index contributed by atoms with van der Waals surface area (Å²) in [6, 6.07) is 5.19. The van der Waals surface area contributed by atoms with Crippen LogP contribution in [0.5, 0.6) is 11.5 Å². The highest BCUT2D eigenvalue weighted by molar-refractivity contribution is 7.17. The lowest BCUT2D eigenvalue weighted by Gasteiger charge is -2.29. The fourth-order valence-corrected chi connectivity index (χ4v) is 4.26. The van der Waals surface area contributed by atoms with Crippen molar-refractivity contribution in [1.29, 1.82) is 0 Å². The number of thiazole rings is 1. The van der Waals surface area contributed by atoms with Crippen molar-refractivity contribution in [3.05, 3.63) is 47.0 Å². The maximum atomic E-state index is 13.6. The Hall–Kier alpha value is -3.12. The van der Waals surface area contributed by atoms with Gasteiger partial charge in [0, 0.05) is 38.0 Å². The predicted molar refractivity (Wildman–Crippen MR) is 116 cm³/mol. The molecule has 3 aromatic rings. The summed E-state index contributed by atoms with van der Waals surface area (Å²) in [4.78, 5) is 21.0. The number of halogens is 3. The number of benzene rings is 1. The number of nitrogens with zero attached hydrogens (tertiary/aromatic N) is 3. The van der Waals surface area contributed by atoms with Crippen molar-refractivity contribution in [1.82, 2.24) is 19.9 Å². The maximum Gasteiger partial charge on any atom is 0.424 e. The van der Waals surface area contributed by atoms with Crippen LogP contribution in [0.4, 0.5) is 13.2 Å². The summed E-state index contributed by atoms with van der Waals surface area (Å²) in [6.45, 7) is 1.21. The molecule has 0 fully saturated rings. The van der Waals surface area contributed by atoms with Gasteiger partial charge in [-0.3, -0.25) is 4.79 Å². The van der Waals surface area contributed by atoms with E-state index in [-0.39, 0.29) is 4.88 Å². The van der Waals surface area contributed by atoms with Gasteiger partial charge in [0.2, 0.25) is 5.60 Å². The summed E-state index contributed by atoms with van der Waals surface area (Å²) in [5.41, 5.74) is -2.08. The van der Waals surface area contributed by atoms with Gasteiger partial charge in [-0.1, -0.05) is 0 Å². The maximum absolute atomic E-state index is 13.6. The number of amides is 1. The van der Waals surface area contributed by atoms with E-state index in [4.69, 9.17) is 9.47 Å². The van der Waals surface area contributed by atoms with E-state index >= 15 is 0 Å². The van der Waals surface area contributed by atoms with E-state index in [9.17, 15) is 23.1 Å². The number of nitrogens with one attached hydrogen (secondary N) is 1. The number of aromatic nitrogens is 3. The van der Waals surface area contributed by atoms with Crippen molar-refractivity contribution in [3.8, 4) is 22.1 Å². The number of imidazole rings is 1. The normalized spacial score (nSPS) is 13.5. The van der Waals surface area contributed by atoms with Crippen LogP contribution in [0.2, 0.25) is 0 Å². The zero-order chi connectivity index (χ0) is 24.4. The van der Waals surface area contributed by atoms with Crippen molar-refractivity contribution in [3.63, 3.8) is 0 Å². The molecule has 0 aliphatic rings. The molecule has 1 aromatic carbocycles. The third-order valence-electron chi connectivity index (χ3n) is 5.07. The molecule has 12 heteroatoms. The summed E-state index contributed by atoms with van der Waals surface area (Å²) in [7, 11) is 4.37. The van der Waals surface area contributed by atoms with Crippen LogP contribution < -0.4 is 14.8 Å². The van der Waals surface area contributed by atoms with Crippen molar-refractivity contribution < 1.29 is 32.5 Å². The van der Waals surface area contributed by atoms with Gasteiger partial charge in [0.05, 0.1) is 19.9 Å². The first-order valence-electron chi connectivity index (χ1n) is 9.76. The quantitative estimate of drug-likeness (QED) is 0.508. The third-order valence-corrected chi connectivity index (χ3v) is 6.27. The molecular formula is C21H23F3N4O4S. The Balaban J connectivity index is 1.75. The number of hydrogen-bond acceptors (Lipinski definition) is 7. The van der Waals surface area contributed by atoms with Crippen LogP contribution in [0.1, 0.15) is 27.6 Å². The summed E-state index contributed by atoms with van der Waals surface area (Å²) < 4.78 is 52.5. The zero-order valence-corrected chi connectivity index (χ0v) is 19.2. The average molecular weight is 485 g/mol. The summed E-state index contributed by atoms with van der Waals surface area (Å²) in [5.74, 6) is -0.0954. The van der Waals surface area contributed by atoms with E-state index in [1.807, 2.05) is 0 Å². The van der Waals surface area contributed by atoms with Gasteiger partial charge in [-0.15, -0.1) is 11.3 Å². The van der Waals surface area contributed by atoms with Crippen molar-refractivity contribution in [2.45, 2.75) is 25.1 Å². The SMILES string of the molecule is COc1ccc(-c2nc(C)c(C(=O)NCCC(O)(c3nccn3C)C(F)(F)F)s2)cc1OC. The topological polar surface area (TPSA) is 98.5 Å². The highest BCUT2D eigenvalue weighted by Crippen LogP contribution is 2.40. The van der Waals surface area contributed by atoms with Gasteiger partial charge in [0.25, 0.3) is 5.91 Å². The molecule has 0 aliphatic heterocycles. The van der Waals surface area contributed by atoms with Crippen LogP contribution in [-0.4, -0.2) is 52.5 Å². The Morgan fingerprint density at radius 2 is 1.94 bits per heavy atom. The summed E-state index contributed by atoms with van der Waals surface area (Å²) in [6.07, 6.45) is -3.30. The number of rotatable bonds is 8. The van der Waals surface area contributed by atoms with Crippen LogP contribution in [0.15, 0.2) is 30.6 Å². The average Bonchev–Trinajstić information content (AvgIpc) is 3.37. The Labute approximate surface area is 192 Å². The molecule has 178 valence electrons. The van der Waals surface area contributed by atoms with E-state index < -0.39 is 36.5 Å². The van der Waals surface area contributed by atoms with Gasteiger partial charge in [-0.25, -0.2) is 9.97 Å². The smallest absolute Gasteiger partial charge is 0.424 e. The summed E-state index contributed by atoms with van der Waals surface area (Å²) >= 11 is 1.10. The van der Waals surface area contributed by atoms with Crippen LogP contribution in [-0.2, 0) is 12.6 Å². The Morgan fingerprint density at radius 3 is 2.52 bits per heavy atom. The minimum absolute atomic E-state index is 0.257. The number of aryl methyl sites for hydroxylation is 2. The fraction of sp³-hybridized carbons (Fsp3) is 0.381. The second-order valence-electron chi connectivity index (χ2n) is 7.23. The number of carbonyl (C=O) groups is 1. The Bertz CT molecular complexity index is 1140. The van der Waals surface area contributed by atoms with Gasteiger partial charge >= 0.3 is 6.18 Å². The molecule has 1 unspecified atom stereocenters. The molecule has 3 rings (SSSR count). The standard InChI is InChI=1S/C21H23F3N4O4S/c1-12-16(33-18(27-12)13-5-6-14(31-3)15(11-13)32-4)17(29)25-8-7-20(30,21(22,23)24)19-26-9-10-28(19)2/h5-6,9-11,30H,7-8H2,1-4H3,(H,25,29). The highest BCUT2D eigenvalue weighted by atomic mass is 32.1. The highest BCUT2D eigenvalue weighted by Gasteiger charge is 2.57. The summed E-state index contributed by atoms with van der Waals surface area (Å²) in [5, 5.41) is 13.4. The lowest BCUT2D eigenvalue weighted by atomic mass is 9.97. The minimum Gasteiger partial charge on any atom is -0.493 e. The fourth-order valence-electron chi connectivity index (χ4n) is 3.28. The lowest BCUT2D eigenvalue weighted by Crippen LogP contribution is -2.46.